The van der Waals surface area contributed by atoms with E-state index < -0.39 is 4.92 Å². The number of non-ortho nitro benzene ring substituents is 1. The zero-order valence-corrected chi connectivity index (χ0v) is 17.0. The van der Waals surface area contributed by atoms with Crippen molar-refractivity contribution >= 4 is 17.3 Å². The van der Waals surface area contributed by atoms with Gasteiger partial charge in [0.1, 0.15) is 5.82 Å². The van der Waals surface area contributed by atoms with Gasteiger partial charge in [-0.05, 0) is 44.0 Å². The fraction of sp³-hybridized carbons (Fsp3) is 0.333. The minimum atomic E-state index is -0.411. The van der Waals surface area contributed by atoms with Crippen LogP contribution in [0.4, 0.5) is 17.3 Å². The molecule has 1 fully saturated rings. The number of nitro benzene ring substituents is 1. The van der Waals surface area contributed by atoms with Crippen LogP contribution >= 0.6 is 0 Å². The van der Waals surface area contributed by atoms with Crippen LogP contribution in [0.25, 0.3) is 11.4 Å². The van der Waals surface area contributed by atoms with Gasteiger partial charge in [0, 0.05) is 61.8 Å². The number of nitrogens with zero attached hydrogens (tertiary/aromatic N) is 7. The Morgan fingerprint density at radius 3 is 2.70 bits per heavy atom. The van der Waals surface area contributed by atoms with E-state index in [9.17, 15) is 10.1 Å². The van der Waals surface area contributed by atoms with E-state index in [4.69, 9.17) is 4.98 Å². The highest BCUT2D eigenvalue weighted by atomic mass is 16.6. The van der Waals surface area contributed by atoms with Crippen LogP contribution in [-0.2, 0) is 0 Å². The van der Waals surface area contributed by atoms with Crippen LogP contribution < -0.4 is 9.80 Å². The second-order valence-electron chi connectivity index (χ2n) is 7.43. The molecule has 2 aromatic heterocycles. The van der Waals surface area contributed by atoms with Gasteiger partial charge in [-0.15, -0.1) is 5.10 Å². The summed E-state index contributed by atoms with van der Waals surface area (Å²) in [7, 11) is 2.05. The third-order valence-corrected chi connectivity index (χ3v) is 5.36. The Bertz CT molecular complexity index is 1030. The van der Waals surface area contributed by atoms with Crippen molar-refractivity contribution in [2.24, 2.45) is 0 Å². The van der Waals surface area contributed by atoms with E-state index >= 15 is 0 Å². The molecule has 4 rings (SSSR count). The maximum Gasteiger partial charge on any atom is 0.269 e. The van der Waals surface area contributed by atoms with Crippen molar-refractivity contribution in [1.29, 1.82) is 0 Å². The van der Waals surface area contributed by atoms with E-state index in [2.05, 4.69) is 25.0 Å². The van der Waals surface area contributed by atoms with Gasteiger partial charge >= 0.3 is 0 Å². The maximum atomic E-state index is 10.9. The maximum absolute atomic E-state index is 10.9. The van der Waals surface area contributed by atoms with Crippen LogP contribution in [-0.4, -0.2) is 51.3 Å². The Labute approximate surface area is 174 Å². The standard InChI is InChI=1S/C21H23N7O2/c1-15-13-20(24-21(23-15)16-7-9-17(10-8-16)28(29)30)26(2)18-5-4-12-27(14-18)19-6-3-11-22-25-19/h3,6-11,13,18H,4-5,12,14H2,1-2H3. The lowest BCUT2D eigenvalue weighted by atomic mass is 10.0. The van der Waals surface area contributed by atoms with Crippen molar-refractivity contribution in [1.82, 2.24) is 20.2 Å². The lowest BCUT2D eigenvalue weighted by molar-refractivity contribution is -0.384. The zero-order chi connectivity index (χ0) is 21.1. The Hall–Kier alpha value is -3.62. The highest BCUT2D eigenvalue weighted by Crippen LogP contribution is 2.26. The molecule has 1 saturated heterocycles. The summed E-state index contributed by atoms with van der Waals surface area (Å²) in [5.41, 5.74) is 1.65. The molecular weight excluding hydrogens is 382 g/mol. The number of aromatic nitrogens is 4. The number of hydrogen-bond donors (Lipinski definition) is 0. The molecule has 3 heterocycles. The fourth-order valence-corrected chi connectivity index (χ4v) is 3.72. The first-order chi connectivity index (χ1) is 14.5. The van der Waals surface area contributed by atoms with E-state index in [-0.39, 0.29) is 11.7 Å². The molecule has 0 amide bonds. The molecule has 1 aliphatic heterocycles. The van der Waals surface area contributed by atoms with Crippen LogP contribution in [0.2, 0.25) is 0 Å². The minimum absolute atomic E-state index is 0.0510. The summed E-state index contributed by atoms with van der Waals surface area (Å²) in [5.74, 6) is 2.29. The van der Waals surface area contributed by atoms with Gasteiger partial charge in [0.25, 0.3) is 5.69 Å². The molecule has 3 aromatic rings. The Morgan fingerprint density at radius 1 is 1.20 bits per heavy atom. The molecule has 0 radical (unpaired) electrons. The van der Waals surface area contributed by atoms with Crippen LogP contribution in [0.15, 0.2) is 48.7 Å². The van der Waals surface area contributed by atoms with Gasteiger partial charge in [0.05, 0.1) is 4.92 Å². The lowest BCUT2D eigenvalue weighted by Crippen LogP contribution is -2.47. The van der Waals surface area contributed by atoms with Gasteiger partial charge in [-0.1, -0.05) is 0 Å². The number of benzene rings is 1. The minimum Gasteiger partial charge on any atom is -0.355 e. The van der Waals surface area contributed by atoms with Crippen molar-refractivity contribution in [2.45, 2.75) is 25.8 Å². The van der Waals surface area contributed by atoms with E-state index in [1.807, 2.05) is 32.2 Å². The summed E-state index contributed by atoms with van der Waals surface area (Å²) in [5, 5.41) is 19.1. The van der Waals surface area contributed by atoms with Crippen LogP contribution in [0.1, 0.15) is 18.5 Å². The van der Waals surface area contributed by atoms with E-state index in [0.29, 0.717) is 5.82 Å². The average Bonchev–Trinajstić information content (AvgIpc) is 2.79. The zero-order valence-electron chi connectivity index (χ0n) is 17.0. The topological polar surface area (TPSA) is 101 Å². The molecule has 0 N–H and O–H groups in total. The van der Waals surface area contributed by atoms with Crippen molar-refractivity contribution in [3.63, 3.8) is 0 Å². The van der Waals surface area contributed by atoms with Gasteiger partial charge in [-0.3, -0.25) is 10.1 Å². The largest absolute Gasteiger partial charge is 0.355 e. The van der Waals surface area contributed by atoms with Crippen LogP contribution in [0, 0.1) is 17.0 Å². The predicted octanol–water partition coefficient (Wildman–Crippen LogP) is 3.26. The predicted molar refractivity (Wildman–Crippen MR) is 115 cm³/mol. The molecule has 1 aliphatic rings. The summed E-state index contributed by atoms with van der Waals surface area (Å²) >= 11 is 0. The van der Waals surface area contributed by atoms with Crippen LogP contribution in [0.3, 0.4) is 0 Å². The summed E-state index contributed by atoms with van der Waals surface area (Å²) in [6.45, 7) is 3.73. The molecule has 9 nitrogen and oxygen atoms in total. The Kier molecular flexibility index (Phi) is 5.51. The molecule has 1 atom stereocenters. The molecule has 154 valence electrons. The third-order valence-electron chi connectivity index (χ3n) is 5.36. The monoisotopic (exact) mass is 405 g/mol. The fourth-order valence-electron chi connectivity index (χ4n) is 3.72. The number of aryl methyl sites for hydroxylation is 1. The van der Waals surface area contributed by atoms with E-state index in [1.165, 1.54) is 12.1 Å². The number of piperidine rings is 1. The first-order valence-electron chi connectivity index (χ1n) is 9.87. The Balaban J connectivity index is 1.56. The molecule has 0 spiro atoms. The SMILES string of the molecule is Cc1cc(N(C)C2CCCN(c3cccnn3)C2)nc(-c2ccc([N+](=O)[O-])cc2)n1. The molecule has 1 aromatic carbocycles. The molecule has 9 heteroatoms. The van der Waals surface area contributed by atoms with Gasteiger partial charge in [-0.25, -0.2) is 9.97 Å². The number of likely N-dealkylation sites (N-methyl/N-ethyl adjacent to an activating group) is 1. The molecule has 0 bridgehead atoms. The number of anilines is 2. The van der Waals surface area contributed by atoms with Crippen LogP contribution in [0.5, 0.6) is 0 Å². The van der Waals surface area contributed by atoms with E-state index in [1.54, 1.807) is 18.3 Å². The van der Waals surface area contributed by atoms with Gasteiger partial charge < -0.3 is 9.80 Å². The van der Waals surface area contributed by atoms with Crippen molar-refractivity contribution in [3.8, 4) is 11.4 Å². The number of hydrogen-bond acceptors (Lipinski definition) is 8. The van der Waals surface area contributed by atoms with Gasteiger partial charge in [0.15, 0.2) is 11.6 Å². The molecular formula is C21H23N7O2. The smallest absolute Gasteiger partial charge is 0.269 e. The Morgan fingerprint density at radius 2 is 2.00 bits per heavy atom. The summed E-state index contributed by atoms with van der Waals surface area (Å²) < 4.78 is 0. The molecule has 0 saturated carbocycles. The molecule has 1 unspecified atom stereocenters. The lowest BCUT2D eigenvalue weighted by Gasteiger charge is -2.38. The highest BCUT2D eigenvalue weighted by Gasteiger charge is 2.25. The summed E-state index contributed by atoms with van der Waals surface area (Å²) in [4.78, 5) is 24.2. The van der Waals surface area contributed by atoms with Gasteiger partial charge in [-0.2, -0.15) is 5.10 Å². The van der Waals surface area contributed by atoms with Gasteiger partial charge in [0.2, 0.25) is 0 Å². The van der Waals surface area contributed by atoms with Crippen molar-refractivity contribution in [2.75, 3.05) is 29.9 Å². The number of nitro groups is 1. The highest BCUT2D eigenvalue weighted by molar-refractivity contribution is 5.60. The summed E-state index contributed by atoms with van der Waals surface area (Å²) in [6, 6.07) is 12.5. The average molecular weight is 405 g/mol. The molecule has 0 aliphatic carbocycles. The normalized spacial score (nSPS) is 16.3. The first kappa shape index (κ1) is 19.7. The van der Waals surface area contributed by atoms with Crippen molar-refractivity contribution in [3.05, 3.63) is 64.5 Å². The number of rotatable bonds is 5. The second-order valence-corrected chi connectivity index (χ2v) is 7.43. The third kappa shape index (κ3) is 4.19. The second kappa shape index (κ2) is 8.40. The first-order valence-corrected chi connectivity index (χ1v) is 9.87. The molecule has 30 heavy (non-hydrogen) atoms. The van der Waals surface area contributed by atoms with E-state index in [0.717, 1.165) is 48.8 Å². The van der Waals surface area contributed by atoms with Crippen molar-refractivity contribution < 1.29 is 4.92 Å². The quantitative estimate of drug-likeness (QED) is 0.471. The summed E-state index contributed by atoms with van der Waals surface area (Å²) in [6.07, 6.45) is 3.80.